The van der Waals surface area contributed by atoms with Gasteiger partial charge in [0.25, 0.3) is 0 Å². The van der Waals surface area contributed by atoms with Crippen LogP contribution in [0.15, 0.2) is 0 Å². The highest BCUT2D eigenvalue weighted by Crippen LogP contribution is 2.09. The van der Waals surface area contributed by atoms with Gasteiger partial charge in [0.2, 0.25) is 17.7 Å². The number of carboxylic acid groups (broad SMARTS) is 2. The number of hydrogen-bond acceptors (Lipinski definition) is 6. The maximum atomic E-state index is 12.6. The van der Waals surface area contributed by atoms with Gasteiger partial charge in [-0.1, -0.05) is 13.8 Å². The van der Waals surface area contributed by atoms with Crippen molar-refractivity contribution in [1.82, 2.24) is 21.3 Å². The zero-order valence-corrected chi connectivity index (χ0v) is 16.9. The molecule has 1 aliphatic rings. The highest BCUT2D eigenvalue weighted by atomic mass is 16.4. The first-order valence-corrected chi connectivity index (χ1v) is 9.60. The van der Waals surface area contributed by atoms with Crippen LogP contribution in [0.2, 0.25) is 0 Å². The van der Waals surface area contributed by atoms with E-state index in [0.717, 1.165) is 13.0 Å². The summed E-state index contributed by atoms with van der Waals surface area (Å²) in [6.45, 7) is 5.86. The number of carbonyl (C=O) groups excluding carboxylic acids is 3. The average molecular weight is 414 g/mol. The molecule has 0 aliphatic carbocycles. The third kappa shape index (κ3) is 8.46. The normalized spacial score (nSPS) is 19.1. The highest BCUT2D eigenvalue weighted by molar-refractivity contribution is 5.94. The van der Waals surface area contributed by atoms with E-state index in [1.807, 2.05) is 13.8 Å². The maximum Gasteiger partial charge on any atom is 0.326 e. The van der Waals surface area contributed by atoms with Gasteiger partial charge in [-0.3, -0.25) is 19.2 Å². The number of hydrogen-bond donors (Lipinski definition) is 6. The van der Waals surface area contributed by atoms with Gasteiger partial charge in [0.15, 0.2) is 0 Å². The average Bonchev–Trinajstić information content (AvgIpc) is 3.14. The van der Waals surface area contributed by atoms with Crippen molar-refractivity contribution in [2.45, 2.75) is 70.6 Å². The van der Waals surface area contributed by atoms with E-state index in [-0.39, 0.29) is 17.9 Å². The van der Waals surface area contributed by atoms with Crippen molar-refractivity contribution in [2.75, 3.05) is 6.54 Å². The minimum absolute atomic E-state index is 0.0960. The zero-order valence-electron chi connectivity index (χ0n) is 16.9. The molecule has 11 nitrogen and oxygen atoms in total. The van der Waals surface area contributed by atoms with Gasteiger partial charge in [-0.05, 0) is 38.6 Å². The van der Waals surface area contributed by atoms with Gasteiger partial charge in [-0.25, -0.2) is 4.79 Å². The van der Waals surface area contributed by atoms with E-state index >= 15 is 0 Å². The summed E-state index contributed by atoms with van der Waals surface area (Å²) >= 11 is 0. The van der Waals surface area contributed by atoms with Crippen LogP contribution in [0.3, 0.4) is 0 Å². The van der Waals surface area contributed by atoms with Crippen molar-refractivity contribution in [3.8, 4) is 0 Å². The predicted octanol–water partition coefficient (Wildman–Crippen LogP) is -1.18. The molecule has 4 atom stereocenters. The van der Waals surface area contributed by atoms with Crippen LogP contribution in [0.5, 0.6) is 0 Å². The molecule has 0 radical (unpaired) electrons. The Labute approximate surface area is 169 Å². The van der Waals surface area contributed by atoms with Crippen molar-refractivity contribution in [1.29, 1.82) is 0 Å². The second-order valence-electron chi connectivity index (χ2n) is 7.57. The largest absolute Gasteiger partial charge is 0.481 e. The number of carboxylic acids is 2. The number of aliphatic carboxylic acids is 2. The summed E-state index contributed by atoms with van der Waals surface area (Å²) in [6.07, 6.45) is 1.12. The van der Waals surface area contributed by atoms with Gasteiger partial charge < -0.3 is 31.5 Å². The lowest BCUT2D eigenvalue weighted by Gasteiger charge is -2.24. The maximum absolute atomic E-state index is 12.6. The van der Waals surface area contributed by atoms with E-state index in [9.17, 15) is 24.0 Å². The van der Waals surface area contributed by atoms with E-state index < -0.39 is 48.3 Å². The predicted molar refractivity (Wildman–Crippen MR) is 102 cm³/mol. The minimum Gasteiger partial charge on any atom is -0.481 e. The Bertz CT molecular complexity index is 632. The summed E-state index contributed by atoms with van der Waals surface area (Å²) in [5.74, 6) is -4.47. The number of amides is 3. The molecular formula is C18H30N4O7. The second-order valence-corrected chi connectivity index (χ2v) is 7.57. The molecule has 1 fully saturated rings. The third-order valence-corrected chi connectivity index (χ3v) is 4.46. The smallest absolute Gasteiger partial charge is 0.326 e. The van der Waals surface area contributed by atoms with Gasteiger partial charge in [0.05, 0.1) is 12.5 Å². The molecule has 0 aromatic heterocycles. The van der Waals surface area contributed by atoms with Gasteiger partial charge in [0, 0.05) is 0 Å². The fourth-order valence-corrected chi connectivity index (χ4v) is 2.93. The van der Waals surface area contributed by atoms with Crippen molar-refractivity contribution in [3.05, 3.63) is 0 Å². The molecule has 164 valence electrons. The van der Waals surface area contributed by atoms with E-state index in [2.05, 4.69) is 21.3 Å². The monoisotopic (exact) mass is 414 g/mol. The number of nitrogens with one attached hydrogen (secondary N) is 4. The van der Waals surface area contributed by atoms with Crippen LogP contribution in [0.4, 0.5) is 0 Å². The summed E-state index contributed by atoms with van der Waals surface area (Å²) in [6, 6.07) is -3.94. The lowest BCUT2D eigenvalue weighted by atomic mass is 10.0. The summed E-state index contributed by atoms with van der Waals surface area (Å²) in [4.78, 5) is 58.9. The topological polar surface area (TPSA) is 174 Å². The first-order chi connectivity index (χ1) is 13.5. The molecule has 6 N–H and O–H groups in total. The molecule has 1 rings (SSSR count). The van der Waals surface area contributed by atoms with Crippen LogP contribution in [0.1, 0.15) is 46.5 Å². The molecule has 1 heterocycles. The molecule has 0 saturated carbocycles. The number of carbonyl (C=O) groups is 5. The Balaban J connectivity index is 2.70. The Morgan fingerprint density at radius 2 is 1.62 bits per heavy atom. The SMILES string of the molecule is CC(C)CC(NC(=O)C1CCCN1)C(=O)NC(C)C(=O)NC(CC(=O)O)C(=O)O. The first kappa shape index (κ1) is 24.3. The molecule has 29 heavy (non-hydrogen) atoms. The molecule has 1 saturated heterocycles. The standard InChI is InChI=1S/C18H30N4O7/c1-9(2)7-12(21-16(26)11-5-4-6-19-11)17(27)20-10(3)15(25)22-13(18(28)29)8-14(23)24/h9-13,19H,4-8H2,1-3H3,(H,20,27)(H,21,26)(H,22,25)(H,23,24)(H,28,29). The molecule has 0 bridgehead atoms. The van der Waals surface area contributed by atoms with Crippen molar-refractivity contribution < 1.29 is 34.2 Å². The fraction of sp³-hybridized carbons (Fsp3) is 0.722. The molecular weight excluding hydrogens is 384 g/mol. The van der Waals surface area contributed by atoms with Crippen LogP contribution < -0.4 is 21.3 Å². The van der Waals surface area contributed by atoms with Crippen molar-refractivity contribution in [3.63, 3.8) is 0 Å². The van der Waals surface area contributed by atoms with Gasteiger partial charge in [-0.15, -0.1) is 0 Å². The van der Waals surface area contributed by atoms with Crippen molar-refractivity contribution >= 4 is 29.7 Å². The number of rotatable bonds is 11. The second kappa shape index (κ2) is 11.3. The quantitative estimate of drug-likeness (QED) is 0.245. The third-order valence-electron chi connectivity index (χ3n) is 4.46. The van der Waals surface area contributed by atoms with E-state index in [1.54, 1.807) is 0 Å². The minimum atomic E-state index is -1.61. The van der Waals surface area contributed by atoms with Gasteiger partial charge >= 0.3 is 11.9 Å². The van der Waals surface area contributed by atoms with Crippen LogP contribution in [-0.4, -0.2) is 70.6 Å². The van der Waals surface area contributed by atoms with Crippen LogP contribution in [-0.2, 0) is 24.0 Å². The lowest BCUT2D eigenvalue weighted by molar-refractivity contribution is -0.147. The Kier molecular flexibility index (Phi) is 9.53. The first-order valence-electron chi connectivity index (χ1n) is 9.60. The van der Waals surface area contributed by atoms with Crippen LogP contribution >= 0.6 is 0 Å². The summed E-state index contributed by atoms with van der Waals surface area (Å²) in [5, 5.41) is 28.0. The fourth-order valence-electron chi connectivity index (χ4n) is 2.93. The Morgan fingerprint density at radius 1 is 0.966 bits per heavy atom. The molecule has 11 heteroatoms. The van der Waals surface area contributed by atoms with E-state index in [1.165, 1.54) is 6.92 Å². The summed E-state index contributed by atoms with van der Waals surface area (Å²) in [7, 11) is 0. The van der Waals surface area contributed by atoms with Crippen LogP contribution in [0.25, 0.3) is 0 Å². The summed E-state index contributed by atoms with van der Waals surface area (Å²) < 4.78 is 0. The van der Waals surface area contributed by atoms with Crippen LogP contribution in [0, 0.1) is 5.92 Å². The molecule has 4 unspecified atom stereocenters. The van der Waals surface area contributed by atoms with Crippen molar-refractivity contribution in [2.24, 2.45) is 5.92 Å². The zero-order chi connectivity index (χ0) is 22.1. The molecule has 0 spiro atoms. The molecule has 3 amide bonds. The lowest BCUT2D eigenvalue weighted by Crippen LogP contribution is -2.56. The van der Waals surface area contributed by atoms with E-state index in [4.69, 9.17) is 10.2 Å². The van der Waals surface area contributed by atoms with E-state index in [0.29, 0.717) is 12.8 Å². The Morgan fingerprint density at radius 3 is 2.10 bits per heavy atom. The van der Waals surface area contributed by atoms with Gasteiger partial charge in [0.1, 0.15) is 18.1 Å². The molecule has 0 aromatic rings. The molecule has 0 aromatic carbocycles. The highest BCUT2D eigenvalue weighted by Gasteiger charge is 2.30. The van der Waals surface area contributed by atoms with Gasteiger partial charge in [-0.2, -0.15) is 0 Å². The Hall–Kier alpha value is -2.69. The summed E-state index contributed by atoms with van der Waals surface area (Å²) in [5.41, 5.74) is 0. The molecule has 1 aliphatic heterocycles.